The average Bonchev–Trinajstić information content (AvgIpc) is 2.13. The van der Waals surface area contributed by atoms with E-state index in [0.29, 0.717) is 6.17 Å². The minimum absolute atomic E-state index is 0.293. The fourth-order valence-corrected chi connectivity index (χ4v) is 2.82. The summed E-state index contributed by atoms with van der Waals surface area (Å²) >= 11 is 0. The van der Waals surface area contributed by atoms with E-state index in [-0.39, 0.29) is 0 Å². The zero-order valence-electron chi connectivity index (χ0n) is 13.1. The van der Waals surface area contributed by atoms with Crippen molar-refractivity contribution in [2.45, 2.75) is 20.0 Å². The smallest absolute Gasteiger partial charge is 0.0896 e. The molecular formula is C15H27N3. The lowest BCUT2D eigenvalue weighted by Crippen LogP contribution is -2.34. The molecule has 0 aromatic heterocycles. The van der Waals surface area contributed by atoms with Crippen LogP contribution in [-0.2, 0) is 0 Å². The fraction of sp³-hybridized carbons (Fsp3) is 0.600. The van der Waals surface area contributed by atoms with Gasteiger partial charge >= 0.3 is 0 Å². The summed E-state index contributed by atoms with van der Waals surface area (Å²) in [5.74, 6) is 0. The van der Waals surface area contributed by atoms with Crippen LogP contribution in [0.5, 0.6) is 0 Å². The minimum Gasteiger partial charge on any atom is -0.377 e. The van der Waals surface area contributed by atoms with Gasteiger partial charge in [0.15, 0.2) is 0 Å². The Morgan fingerprint density at radius 1 is 0.833 bits per heavy atom. The van der Waals surface area contributed by atoms with E-state index >= 15 is 0 Å². The Balaban J connectivity index is 3.45. The molecule has 0 aliphatic rings. The monoisotopic (exact) mass is 249 g/mol. The van der Waals surface area contributed by atoms with Gasteiger partial charge in [0.1, 0.15) is 0 Å². The second-order valence-electron chi connectivity index (χ2n) is 5.71. The molecule has 1 rings (SSSR count). The zero-order chi connectivity index (χ0) is 14.0. The Morgan fingerprint density at radius 3 is 1.72 bits per heavy atom. The molecule has 0 bridgehead atoms. The molecule has 0 N–H and O–H groups in total. The first-order chi connectivity index (χ1) is 8.25. The fourth-order valence-electron chi connectivity index (χ4n) is 2.82. The zero-order valence-corrected chi connectivity index (χ0v) is 13.1. The molecule has 0 fully saturated rings. The highest BCUT2D eigenvalue weighted by molar-refractivity contribution is 5.60. The van der Waals surface area contributed by atoms with E-state index in [1.807, 2.05) is 0 Å². The second kappa shape index (κ2) is 5.72. The summed E-state index contributed by atoms with van der Waals surface area (Å²) in [5.41, 5.74) is 5.35. The first-order valence-electron chi connectivity index (χ1n) is 6.37. The van der Waals surface area contributed by atoms with Crippen molar-refractivity contribution < 1.29 is 0 Å². The molecule has 0 aliphatic carbocycles. The van der Waals surface area contributed by atoms with Crippen LogP contribution in [-0.4, -0.2) is 52.1 Å². The SMILES string of the molecule is Cc1cc(C)c(N(C)C)c(C(N(C)C)N(C)C)c1. The number of hydrogen-bond donors (Lipinski definition) is 0. The molecule has 0 spiro atoms. The average molecular weight is 249 g/mol. The van der Waals surface area contributed by atoms with Crippen LogP contribution in [0.2, 0.25) is 0 Å². The molecule has 0 unspecified atom stereocenters. The summed E-state index contributed by atoms with van der Waals surface area (Å²) in [6, 6.07) is 4.55. The predicted octanol–water partition coefficient (Wildman–Crippen LogP) is 2.49. The van der Waals surface area contributed by atoms with Crippen molar-refractivity contribution in [3.05, 3.63) is 28.8 Å². The van der Waals surface area contributed by atoms with Gasteiger partial charge in [-0.25, -0.2) is 0 Å². The highest BCUT2D eigenvalue weighted by Gasteiger charge is 2.22. The summed E-state index contributed by atoms with van der Waals surface area (Å²) in [6.07, 6.45) is 0.293. The molecule has 0 saturated carbocycles. The maximum absolute atomic E-state index is 2.30. The van der Waals surface area contributed by atoms with Crippen molar-refractivity contribution in [1.29, 1.82) is 0 Å². The van der Waals surface area contributed by atoms with Gasteiger partial charge < -0.3 is 4.90 Å². The van der Waals surface area contributed by atoms with Crippen LogP contribution in [0, 0.1) is 13.8 Å². The van der Waals surface area contributed by atoms with E-state index < -0.39 is 0 Å². The Hall–Kier alpha value is -1.06. The summed E-state index contributed by atoms with van der Waals surface area (Å²) in [5, 5.41) is 0. The van der Waals surface area contributed by atoms with E-state index in [1.54, 1.807) is 0 Å². The van der Waals surface area contributed by atoms with Gasteiger partial charge in [0.05, 0.1) is 6.17 Å². The summed E-state index contributed by atoms with van der Waals surface area (Å²) in [4.78, 5) is 6.71. The topological polar surface area (TPSA) is 9.72 Å². The number of nitrogens with zero attached hydrogens (tertiary/aromatic N) is 3. The standard InChI is InChI=1S/C15H27N3/c1-11-9-12(2)14(16(3)4)13(10-11)15(17(5)6)18(7)8/h9-10,15H,1-8H3. The van der Waals surface area contributed by atoms with Crippen molar-refractivity contribution >= 4 is 5.69 Å². The highest BCUT2D eigenvalue weighted by atomic mass is 15.3. The van der Waals surface area contributed by atoms with Crippen LogP contribution in [0.4, 0.5) is 5.69 Å². The number of anilines is 1. The lowest BCUT2D eigenvalue weighted by molar-refractivity contribution is 0.131. The first kappa shape index (κ1) is 15.0. The van der Waals surface area contributed by atoms with Gasteiger partial charge in [0.25, 0.3) is 0 Å². The molecule has 0 heterocycles. The number of hydrogen-bond acceptors (Lipinski definition) is 3. The van der Waals surface area contributed by atoms with Crippen LogP contribution in [0.3, 0.4) is 0 Å². The number of rotatable bonds is 4. The number of benzene rings is 1. The third-order valence-electron chi connectivity index (χ3n) is 3.18. The van der Waals surface area contributed by atoms with E-state index in [4.69, 9.17) is 0 Å². The Bertz CT molecular complexity index is 400. The lowest BCUT2D eigenvalue weighted by Gasteiger charge is -2.34. The quantitative estimate of drug-likeness (QED) is 0.759. The molecule has 3 heteroatoms. The molecule has 0 aliphatic heterocycles. The molecule has 102 valence electrons. The van der Waals surface area contributed by atoms with E-state index in [2.05, 4.69) is 83.0 Å². The molecule has 3 nitrogen and oxygen atoms in total. The van der Waals surface area contributed by atoms with Gasteiger partial charge in [0.2, 0.25) is 0 Å². The van der Waals surface area contributed by atoms with Crippen molar-refractivity contribution in [2.75, 3.05) is 47.2 Å². The van der Waals surface area contributed by atoms with Crippen molar-refractivity contribution in [1.82, 2.24) is 9.80 Å². The molecular weight excluding hydrogens is 222 g/mol. The second-order valence-corrected chi connectivity index (χ2v) is 5.71. The van der Waals surface area contributed by atoms with Gasteiger partial charge in [-0.05, 0) is 47.6 Å². The van der Waals surface area contributed by atoms with Crippen molar-refractivity contribution in [2.24, 2.45) is 0 Å². The maximum atomic E-state index is 2.30. The Labute approximate surface area is 112 Å². The van der Waals surface area contributed by atoms with E-state index in [9.17, 15) is 0 Å². The molecule has 18 heavy (non-hydrogen) atoms. The van der Waals surface area contributed by atoms with Crippen molar-refractivity contribution in [3.63, 3.8) is 0 Å². The van der Waals surface area contributed by atoms with Crippen LogP contribution in [0.15, 0.2) is 12.1 Å². The summed E-state index contributed by atoms with van der Waals surface area (Å²) in [6.45, 7) is 4.35. The first-order valence-corrected chi connectivity index (χ1v) is 6.37. The van der Waals surface area contributed by atoms with Crippen molar-refractivity contribution in [3.8, 4) is 0 Å². The molecule has 0 atom stereocenters. The van der Waals surface area contributed by atoms with Gasteiger partial charge in [-0.3, -0.25) is 9.80 Å². The molecule has 0 saturated heterocycles. The third kappa shape index (κ3) is 3.03. The minimum atomic E-state index is 0.293. The number of aryl methyl sites for hydroxylation is 2. The van der Waals surface area contributed by atoms with Crippen LogP contribution in [0.25, 0.3) is 0 Å². The largest absolute Gasteiger partial charge is 0.377 e. The third-order valence-corrected chi connectivity index (χ3v) is 3.18. The molecule has 0 radical (unpaired) electrons. The predicted molar refractivity (Wildman–Crippen MR) is 80.4 cm³/mol. The van der Waals surface area contributed by atoms with E-state index in [1.165, 1.54) is 22.4 Å². The summed E-state index contributed by atoms with van der Waals surface area (Å²) in [7, 11) is 12.7. The molecule has 1 aromatic rings. The molecule has 0 amide bonds. The van der Waals surface area contributed by atoms with Gasteiger partial charge in [0, 0.05) is 25.3 Å². The van der Waals surface area contributed by atoms with E-state index in [0.717, 1.165) is 0 Å². The normalized spacial score (nSPS) is 11.7. The maximum Gasteiger partial charge on any atom is 0.0896 e. The van der Waals surface area contributed by atoms with Gasteiger partial charge in [-0.2, -0.15) is 0 Å². The molecule has 1 aromatic carbocycles. The Morgan fingerprint density at radius 2 is 1.33 bits per heavy atom. The van der Waals surface area contributed by atoms with Gasteiger partial charge in [-0.15, -0.1) is 0 Å². The van der Waals surface area contributed by atoms with Crippen LogP contribution in [0.1, 0.15) is 22.9 Å². The summed E-state index contributed by atoms with van der Waals surface area (Å²) < 4.78 is 0. The van der Waals surface area contributed by atoms with Crippen LogP contribution < -0.4 is 4.90 Å². The van der Waals surface area contributed by atoms with Gasteiger partial charge in [-0.1, -0.05) is 17.7 Å². The van der Waals surface area contributed by atoms with Crippen LogP contribution >= 0.6 is 0 Å². The lowest BCUT2D eigenvalue weighted by atomic mass is 10.00. The Kier molecular flexibility index (Phi) is 4.77. The highest BCUT2D eigenvalue weighted by Crippen LogP contribution is 2.33.